The van der Waals surface area contributed by atoms with Crippen molar-refractivity contribution in [2.75, 3.05) is 0 Å². The van der Waals surface area contributed by atoms with E-state index in [1.165, 1.54) is 27.8 Å². The Balaban J connectivity index is 3.60. The van der Waals surface area contributed by atoms with Crippen LogP contribution in [0.25, 0.3) is 0 Å². The van der Waals surface area contributed by atoms with Gasteiger partial charge in [-0.05, 0) is 62.4 Å². The van der Waals surface area contributed by atoms with E-state index in [-0.39, 0.29) is 0 Å². The first-order valence-corrected chi connectivity index (χ1v) is 4.61. The lowest BCUT2D eigenvalue weighted by Crippen LogP contribution is -1.96. The average molecular weight is 179 g/mol. The normalized spacial score (nSPS) is 10.4. The van der Waals surface area contributed by atoms with Crippen LogP contribution in [0.2, 0.25) is 0 Å². The van der Waals surface area contributed by atoms with E-state index in [9.17, 15) is 0 Å². The van der Waals surface area contributed by atoms with Gasteiger partial charge in [0.05, 0.1) is 0 Å². The van der Waals surface area contributed by atoms with Crippen LogP contribution in [0.1, 0.15) is 27.8 Å². The maximum Gasteiger partial charge on any atom is 0.0440 e. The fraction of sp³-hybridized carbons (Fsp3) is 0.455. The molecule has 1 aromatic carbocycles. The Bertz CT molecular complexity index is 219. The second-order valence-corrected chi connectivity index (χ2v) is 3.86. The molecular weight excluding hydrogens is 164 g/mol. The molecule has 1 heteroatoms. The van der Waals surface area contributed by atoms with E-state index in [2.05, 4.69) is 34.6 Å². The van der Waals surface area contributed by atoms with Crippen molar-refractivity contribution in [3.05, 3.63) is 27.8 Å². The fourth-order valence-corrected chi connectivity index (χ4v) is 1.77. The molecule has 12 heavy (non-hydrogen) atoms. The molecule has 0 aliphatic carbocycles. The van der Waals surface area contributed by atoms with Crippen molar-refractivity contribution in [1.82, 2.24) is 0 Å². The van der Waals surface area contributed by atoms with Crippen LogP contribution in [0.5, 0.6) is 0 Å². The van der Waals surface area contributed by atoms with Gasteiger partial charge >= 0.3 is 0 Å². The predicted molar refractivity (Wildman–Crippen MR) is 56.0 cm³/mol. The minimum atomic E-state index is 1.04. The second kappa shape index (κ2) is 3.06. The molecule has 0 saturated heterocycles. The first-order valence-electron chi connectivity index (χ1n) is 4.20. The molecule has 0 nitrogen and oxygen atoms in total. The third kappa shape index (κ3) is 1.22. The van der Waals surface area contributed by atoms with Crippen LogP contribution in [0.4, 0.5) is 0 Å². The van der Waals surface area contributed by atoms with Gasteiger partial charge in [-0.3, -0.25) is 0 Å². The SMILES string of the molecule is Cc1c(C)c(C)c([S])c(C)c1C. The monoisotopic (exact) mass is 179 g/mol. The summed E-state index contributed by atoms with van der Waals surface area (Å²) in [6.45, 7) is 10.7. The van der Waals surface area contributed by atoms with Crippen molar-refractivity contribution >= 4 is 12.6 Å². The Kier molecular flexibility index (Phi) is 2.43. The Labute approximate surface area is 80.4 Å². The van der Waals surface area contributed by atoms with Crippen LogP contribution in [0.15, 0.2) is 4.90 Å². The standard InChI is InChI=1S/C11H15S/c1-6-7(2)9(4)11(12)10(5)8(6)3/h1-5H3. The third-order valence-corrected chi connectivity index (χ3v) is 3.54. The highest BCUT2D eigenvalue weighted by Gasteiger charge is 2.09. The van der Waals surface area contributed by atoms with Crippen LogP contribution in [-0.2, 0) is 0 Å². The molecule has 65 valence electrons. The molecule has 0 amide bonds. The molecular formula is C11H15S. The maximum absolute atomic E-state index is 5.33. The van der Waals surface area contributed by atoms with E-state index in [4.69, 9.17) is 12.6 Å². The van der Waals surface area contributed by atoms with E-state index in [0.29, 0.717) is 0 Å². The summed E-state index contributed by atoms with van der Waals surface area (Å²) in [5.41, 5.74) is 6.63. The summed E-state index contributed by atoms with van der Waals surface area (Å²) >= 11 is 5.33. The minimum absolute atomic E-state index is 1.04. The first-order chi connectivity index (χ1) is 5.46. The summed E-state index contributed by atoms with van der Waals surface area (Å²) in [6, 6.07) is 0. The lowest BCUT2D eigenvalue weighted by atomic mass is 9.95. The van der Waals surface area contributed by atoms with Crippen molar-refractivity contribution < 1.29 is 0 Å². The van der Waals surface area contributed by atoms with E-state index < -0.39 is 0 Å². The van der Waals surface area contributed by atoms with Gasteiger partial charge in [-0.15, -0.1) is 0 Å². The van der Waals surface area contributed by atoms with Crippen molar-refractivity contribution in [2.45, 2.75) is 39.5 Å². The first kappa shape index (κ1) is 9.53. The van der Waals surface area contributed by atoms with Gasteiger partial charge in [0, 0.05) is 4.90 Å². The van der Waals surface area contributed by atoms with Crippen LogP contribution < -0.4 is 0 Å². The Morgan fingerprint density at radius 2 is 0.833 bits per heavy atom. The lowest BCUT2D eigenvalue weighted by molar-refractivity contribution is 1.10. The van der Waals surface area contributed by atoms with Crippen LogP contribution in [-0.4, -0.2) is 0 Å². The highest BCUT2D eigenvalue weighted by atomic mass is 32.1. The molecule has 0 aliphatic rings. The lowest BCUT2D eigenvalue weighted by Gasteiger charge is -2.14. The second-order valence-electron chi connectivity index (χ2n) is 3.45. The zero-order valence-electron chi connectivity index (χ0n) is 8.41. The van der Waals surface area contributed by atoms with Gasteiger partial charge in [0.15, 0.2) is 0 Å². The van der Waals surface area contributed by atoms with Gasteiger partial charge in [0.2, 0.25) is 0 Å². The molecule has 0 heterocycles. The van der Waals surface area contributed by atoms with E-state index in [0.717, 1.165) is 4.90 Å². The quantitative estimate of drug-likeness (QED) is 0.568. The number of benzene rings is 1. The summed E-state index contributed by atoms with van der Waals surface area (Å²) in [5.74, 6) is 0. The van der Waals surface area contributed by atoms with Gasteiger partial charge < -0.3 is 0 Å². The summed E-state index contributed by atoms with van der Waals surface area (Å²) < 4.78 is 0. The average Bonchev–Trinajstić information content (AvgIpc) is 2.08. The van der Waals surface area contributed by atoms with Crippen molar-refractivity contribution in [3.8, 4) is 0 Å². The molecule has 0 unspecified atom stereocenters. The molecule has 0 N–H and O–H groups in total. The molecule has 1 radical (unpaired) electrons. The summed E-state index contributed by atoms with van der Waals surface area (Å²) in [6.07, 6.45) is 0. The number of hydrogen-bond acceptors (Lipinski definition) is 0. The highest BCUT2D eigenvalue weighted by Crippen LogP contribution is 2.27. The van der Waals surface area contributed by atoms with Gasteiger partial charge in [-0.2, -0.15) is 0 Å². The van der Waals surface area contributed by atoms with Crippen molar-refractivity contribution in [2.24, 2.45) is 0 Å². The summed E-state index contributed by atoms with van der Waals surface area (Å²) in [7, 11) is 0. The minimum Gasteiger partial charge on any atom is -0.0795 e. The van der Waals surface area contributed by atoms with Crippen LogP contribution >= 0.6 is 12.6 Å². The molecule has 0 spiro atoms. The predicted octanol–water partition coefficient (Wildman–Crippen LogP) is 3.79. The van der Waals surface area contributed by atoms with Crippen molar-refractivity contribution in [1.29, 1.82) is 0 Å². The zero-order chi connectivity index (χ0) is 9.46. The molecule has 1 aromatic rings. The van der Waals surface area contributed by atoms with E-state index in [1.807, 2.05) is 0 Å². The topological polar surface area (TPSA) is 0 Å². The Hall–Kier alpha value is -0.560. The third-order valence-electron chi connectivity index (χ3n) is 2.93. The van der Waals surface area contributed by atoms with Gasteiger partial charge in [0.25, 0.3) is 0 Å². The number of rotatable bonds is 0. The molecule has 0 fully saturated rings. The Morgan fingerprint density at radius 3 is 1.17 bits per heavy atom. The fourth-order valence-electron chi connectivity index (χ4n) is 1.47. The van der Waals surface area contributed by atoms with Gasteiger partial charge in [-0.1, -0.05) is 12.6 Å². The van der Waals surface area contributed by atoms with Crippen LogP contribution in [0, 0.1) is 34.6 Å². The largest absolute Gasteiger partial charge is 0.0795 e. The molecule has 0 saturated carbocycles. The molecule has 0 aromatic heterocycles. The van der Waals surface area contributed by atoms with Gasteiger partial charge in [-0.25, -0.2) is 0 Å². The maximum atomic E-state index is 5.33. The van der Waals surface area contributed by atoms with Gasteiger partial charge in [0.1, 0.15) is 0 Å². The van der Waals surface area contributed by atoms with E-state index >= 15 is 0 Å². The molecule has 0 atom stereocenters. The molecule has 0 bridgehead atoms. The molecule has 1 rings (SSSR count). The van der Waals surface area contributed by atoms with Crippen LogP contribution in [0.3, 0.4) is 0 Å². The zero-order valence-corrected chi connectivity index (χ0v) is 9.22. The highest BCUT2D eigenvalue weighted by molar-refractivity contribution is 7.80. The molecule has 0 aliphatic heterocycles. The number of hydrogen-bond donors (Lipinski definition) is 0. The van der Waals surface area contributed by atoms with Crippen molar-refractivity contribution in [3.63, 3.8) is 0 Å². The summed E-state index contributed by atoms with van der Waals surface area (Å²) in [5, 5.41) is 0. The Morgan fingerprint density at radius 1 is 0.583 bits per heavy atom. The smallest absolute Gasteiger partial charge is 0.0440 e. The summed E-state index contributed by atoms with van der Waals surface area (Å²) in [4.78, 5) is 1.04. The van der Waals surface area contributed by atoms with E-state index in [1.54, 1.807) is 0 Å².